The summed E-state index contributed by atoms with van der Waals surface area (Å²) in [6, 6.07) is 9.40. The molecule has 0 saturated carbocycles. The van der Waals surface area contributed by atoms with Crippen LogP contribution < -0.4 is 5.30 Å². The summed E-state index contributed by atoms with van der Waals surface area (Å²) in [6.07, 6.45) is 3.67. The van der Waals surface area contributed by atoms with Gasteiger partial charge in [-0.1, -0.05) is 39.7 Å². The van der Waals surface area contributed by atoms with Crippen LogP contribution >= 0.6 is 7.21 Å². The summed E-state index contributed by atoms with van der Waals surface area (Å²) < 4.78 is 47.6. The fraction of sp³-hybridized carbons (Fsp3) is 0.500. The highest BCUT2D eigenvalue weighted by Crippen LogP contribution is 2.64. The number of pyridine rings is 1. The molecule has 3 rings (SSSR count). The monoisotopic (exact) mass is 423 g/mol. The molecule has 2 aromatic rings. The number of halogens is 3. The lowest BCUT2D eigenvalue weighted by Gasteiger charge is -2.45. The Hall–Kier alpha value is -1.65. The number of alkyl halides is 3. The molecule has 0 radical (unpaired) electrons. The third kappa shape index (κ3) is 4.75. The van der Waals surface area contributed by atoms with E-state index in [1.807, 2.05) is 12.1 Å². The van der Waals surface area contributed by atoms with Crippen molar-refractivity contribution in [2.24, 2.45) is 4.74 Å². The molecule has 7 heteroatoms. The average Bonchev–Trinajstić information content (AvgIpc) is 2.95. The Labute approximate surface area is 171 Å². The van der Waals surface area contributed by atoms with E-state index in [1.165, 1.54) is 25.0 Å². The van der Waals surface area contributed by atoms with E-state index in [4.69, 9.17) is 4.74 Å². The van der Waals surface area contributed by atoms with Crippen molar-refractivity contribution in [3.05, 3.63) is 54.4 Å². The smallest absolute Gasteiger partial charge is 0.265 e. The highest BCUT2D eigenvalue weighted by Gasteiger charge is 2.41. The van der Waals surface area contributed by atoms with Gasteiger partial charge in [0, 0.05) is 35.9 Å². The molecule has 0 bridgehead atoms. The first kappa shape index (κ1) is 22.0. The molecule has 0 N–H and O–H groups in total. The standard InChI is InChI=1S/C22H29F3N3P/c1-21(2,3)29(20-11-13-26-14-12-20,28-15-6-4-5-7-16-28)27-19-10-8-9-18(17-19)22(23,24)25/h8-14,17H,4-7,15-16H2,1-3H3/t29-/m1/s1. The second-order valence-corrected chi connectivity index (χ2v) is 12.3. The summed E-state index contributed by atoms with van der Waals surface area (Å²) in [5, 5.41) is 0.826. The molecule has 1 aliphatic rings. The Morgan fingerprint density at radius 2 is 1.55 bits per heavy atom. The van der Waals surface area contributed by atoms with Gasteiger partial charge in [-0.05, 0) is 43.2 Å². The van der Waals surface area contributed by atoms with E-state index < -0.39 is 18.9 Å². The van der Waals surface area contributed by atoms with Gasteiger partial charge in [-0.2, -0.15) is 13.2 Å². The van der Waals surface area contributed by atoms with E-state index in [0.717, 1.165) is 37.3 Å². The van der Waals surface area contributed by atoms with Crippen LogP contribution in [-0.4, -0.2) is 27.9 Å². The molecular formula is C22H29F3N3P. The number of hydrogen-bond acceptors (Lipinski definition) is 2. The second kappa shape index (κ2) is 8.61. The first-order valence-electron chi connectivity index (χ1n) is 10.1. The topological polar surface area (TPSA) is 28.5 Å². The third-order valence-corrected chi connectivity index (χ3v) is 10.0. The summed E-state index contributed by atoms with van der Waals surface area (Å²) in [5.41, 5.74) is -0.263. The van der Waals surface area contributed by atoms with Crippen molar-refractivity contribution < 1.29 is 13.2 Å². The summed E-state index contributed by atoms with van der Waals surface area (Å²) in [7, 11) is -2.38. The van der Waals surface area contributed by atoms with Crippen LogP contribution in [0.1, 0.15) is 52.0 Å². The molecule has 0 spiro atoms. The minimum atomic E-state index is -4.38. The van der Waals surface area contributed by atoms with Gasteiger partial charge in [0.1, 0.15) is 0 Å². The van der Waals surface area contributed by atoms with E-state index in [-0.39, 0.29) is 5.16 Å². The molecule has 158 valence electrons. The Morgan fingerprint density at radius 3 is 2.10 bits per heavy atom. The maximum absolute atomic E-state index is 13.3. The van der Waals surface area contributed by atoms with Crippen molar-refractivity contribution in [3.63, 3.8) is 0 Å². The average molecular weight is 423 g/mol. The second-order valence-electron chi connectivity index (χ2n) is 8.49. The van der Waals surface area contributed by atoms with Crippen molar-refractivity contribution in [2.75, 3.05) is 13.1 Å². The van der Waals surface area contributed by atoms with Crippen molar-refractivity contribution in [3.8, 4) is 0 Å². The molecule has 3 nitrogen and oxygen atoms in total. The van der Waals surface area contributed by atoms with Gasteiger partial charge in [0.2, 0.25) is 0 Å². The van der Waals surface area contributed by atoms with Gasteiger partial charge in [-0.25, -0.2) is 4.74 Å². The number of rotatable bonds is 3. The minimum Gasteiger partial charge on any atom is -0.265 e. The fourth-order valence-corrected chi connectivity index (χ4v) is 8.41. The first-order valence-corrected chi connectivity index (χ1v) is 11.8. The summed E-state index contributed by atoms with van der Waals surface area (Å²) in [4.78, 5) is 4.17. The van der Waals surface area contributed by atoms with Crippen LogP contribution in [0.15, 0.2) is 53.5 Å². The number of hydrogen-bond donors (Lipinski definition) is 0. The normalized spacial score (nSPS) is 18.7. The zero-order valence-corrected chi connectivity index (χ0v) is 18.2. The molecule has 1 aromatic carbocycles. The molecule has 1 aromatic heterocycles. The molecule has 29 heavy (non-hydrogen) atoms. The van der Waals surface area contributed by atoms with Crippen LogP contribution in [0.5, 0.6) is 0 Å². The van der Waals surface area contributed by atoms with Crippen LogP contribution in [0.4, 0.5) is 18.9 Å². The summed E-state index contributed by atoms with van der Waals surface area (Å²) >= 11 is 0. The first-order chi connectivity index (χ1) is 13.6. The molecule has 0 unspecified atom stereocenters. The Balaban J connectivity index is 2.28. The van der Waals surface area contributed by atoms with E-state index in [9.17, 15) is 13.2 Å². The van der Waals surface area contributed by atoms with Gasteiger partial charge in [0.15, 0.2) is 0 Å². The number of nitrogens with zero attached hydrogens (tertiary/aromatic N) is 3. The van der Waals surface area contributed by atoms with Crippen LogP contribution in [0, 0.1) is 0 Å². The van der Waals surface area contributed by atoms with Crippen LogP contribution in [0.2, 0.25) is 0 Å². The van der Waals surface area contributed by atoms with E-state index in [2.05, 4.69) is 30.4 Å². The van der Waals surface area contributed by atoms with Gasteiger partial charge >= 0.3 is 6.18 Å². The van der Waals surface area contributed by atoms with Crippen LogP contribution in [0.25, 0.3) is 0 Å². The van der Waals surface area contributed by atoms with E-state index in [0.29, 0.717) is 5.69 Å². The molecule has 1 saturated heterocycles. The maximum atomic E-state index is 13.3. The summed E-state index contributed by atoms with van der Waals surface area (Å²) in [6.45, 7) is 8.29. The molecule has 0 aliphatic carbocycles. The molecule has 2 heterocycles. The van der Waals surface area contributed by atoms with Crippen molar-refractivity contribution >= 4 is 18.2 Å². The highest BCUT2D eigenvalue weighted by atomic mass is 31.2. The Bertz CT molecular complexity index is 865. The highest BCUT2D eigenvalue weighted by molar-refractivity contribution is 7.73. The molecule has 1 aliphatic heterocycles. The van der Waals surface area contributed by atoms with Crippen molar-refractivity contribution in [2.45, 2.75) is 57.8 Å². The third-order valence-electron chi connectivity index (χ3n) is 5.38. The molecular weight excluding hydrogens is 394 g/mol. The number of benzene rings is 1. The lowest BCUT2D eigenvalue weighted by Crippen LogP contribution is -2.37. The van der Waals surface area contributed by atoms with Crippen LogP contribution in [0.3, 0.4) is 0 Å². The summed E-state index contributed by atoms with van der Waals surface area (Å²) in [5.74, 6) is 0. The minimum absolute atomic E-state index is 0.243. The zero-order valence-electron chi connectivity index (χ0n) is 17.3. The van der Waals surface area contributed by atoms with E-state index in [1.54, 1.807) is 18.5 Å². The van der Waals surface area contributed by atoms with E-state index >= 15 is 0 Å². The van der Waals surface area contributed by atoms with Gasteiger partial charge < -0.3 is 0 Å². The van der Waals surface area contributed by atoms with Crippen LogP contribution in [-0.2, 0) is 6.18 Å². The lowest BCUT2D eigenvalue weighted by atomic mass is 10.2. The fourth-order valence-electron chi connectivity index (χ4n) is 4.05. The van der Waals surface area contributed by atoms with Gasteiger partial charge in [-0.3, -0.25) is 9.65 Å². The van der Waals surface area contributed by atoms with Gasteiger partial charge in [-0.15, -0.1) is 0 Å². The van der Waals surface area contributed by atoms with Gasteiger partial charge in [0.25, 0.3) is 0 Å². The SMILES string of the molecule is CC(C)(C)[P@@](=Nc1cccc(C(F)(F)F)c1)(c1ccncc1)N1CCCCCC1. The zero-order chi connectivity index (χ0) is 21.1. The van der Waals surface area contributed by atoms with Crippen molar-refractivity contribution in [1.29, 1.82) is 0 Å². The lowest BCUT2D eigenvalue weighted by molar-refractivity contribution is -0.137. The molecule has 0 amide bonds. The Kier molecular flexibility index (Phi) is 6.54. The number of aromatic nitrogens is 1. The predicted molar refractivity (Wildman–Crippen MR) is 114 cm³/mol. The maximum Gasteiger partial charge on any atom is 0.416 e. The predicted octanol–water partition coefficient (Wildman–Crippen LogP) is 6.85. The molecule has 1 fully saturated rings. The van der Waals surface area contributed by atoms with Crippen molar-refractivity contribution in [1.82, 2.24) is 9.65 Å². The quantitative estimate of drug-likeness (QED) is 0.505. The molecule has 1 atom stereocenters. The van der Waals surface area contributed by atoms with Gasteiger partial charge in [0.05, 0.1) is 18.5 Å². The largest absolute Gasteiger partial charge is 0.416 e. The Morgan fingerprint density at radius 1 is 0.931 bits per heavy atom.